The number of rotatable bonds is 8. The van der Waals surface area contributed by atoms with Crippen LogP contribution in [0.25, 0.3) is 5.69 Å². The molecular formula is C27H28F3N3O5. The highest BCUT2D eigenvalue weighted by molar-refractivity contribution is 5.96. The van der Waals surface area contributed by atoms with Crippen molar-refractivity contribution >= 4 is 5.91 Å². The van der Waals surface area contributed by atoms with E-state index in [0.717, 1.165) is 10.1 Å². The Morgan fingerprint density at radius 2 is 1.74 bits per heavy atom. The molecule has 1 saturated heterocycles. The van der Waals surface area contributed by atoms with Gasteiger partial charge in [-0.25, -0.2) is 0 Å². The lowest BCUT2D eigenvalue weighted by molar-refractivity contribution is -0.135. The number of amides is 1. The molecule has 0 aliphatic carbocycles. The summed E-state index contributed by atoms with van der Waals surface area (Å²) in [6.45, 7) is 0.704. The number of hydrogen-bond acceptors (Lipinski definition) is 6. The van der Waals surface area contributed by atoms with Gasteiger partial charge in [0.05, 0.1) is 14.2 Å². The Hall–Kier alpha value is -4.02. The molecule has 4 rings (SSSR count). The quantitative estimate of drug-likeness (QED) is 0.461. The number of carbonyl (C=O) groups excluding carboxylic acids is 1. The smallest absolute Gasteiger partial charge is 0.389 e. The Balaban J connectivity index is 1.78. The van der Waals surface area contributed by atoms with Gasteiger partial charge in [-0.1, -0.05) is 36.4 Å². The Morgan fingerprint density at radius 1 is 1.08 bits per heavy atom. The molecule has 3 aromatic rings. The number of carbonyl (C=O) groups is 1. The molecule has 1 amide bonds. The van der Waals surface area contributed by atoms with Crippen LogP contribution in [0.1, 0.15) is 46.9 Å². The van der Waals surface area contributed by atoms with Gasteiger partial charge in [-0.2, -0.15) is 18.2 Å². The lowest BCUT2D eigenvalue weighted by Crippen LogP contribution is -2.35. The normalized spacial score (nSPS) is 15.5. The van der Waals surface area contributed by atoms with Crippen LogP contribution in [-0.4, -0.2) is 59.0 Å². The Kier molecular flexibility index (Phi) is 7.94. The van der Waals surface area contributed by atoms with Gasteiger partial charge in [0.15, 0.2) is 5.56 Å². The third-order valence-corrected chi connectivity index (χ3v) is 6.58. The summed E-state index contributed by atoms with van der Waals surface area (Å²) in [5, 5.41) is 11.4. The number of aryl methyl sites for hydroxylation is 1. The minimum absolute atomic E-state index is 0.0634. The summed E-state index contributed by atoms with van der Waals surface area (Å²) < 4.78 is 50.4. The molecule has 1 fully saturated rings. The number of benzene rings is 2. The molecule has 0 bridgehead atoms. The highest BCUT2D eigenvalue weighted by Crippen LogP contribution is 2.37. The molecule has 0 spiro atoms. The standard InChI is InChI=1S/C27H28F3N3O5/c1-37-19-10-6-11-20(38-2)23(19)33-21(12-7-14-27(28,29)30)31-24(34)22(26(33)36)25(35)32-15-13-18(16-32)17-8-4-3-5-9-17/h3-6,8-11,18,36H,7,12-16H2,1-2H3. The van der Waals surface area contributed by atoms with Crippen LogP contribution < -0.4 is 15.0 Å². The number of ether oxygens (including phenoxy) is 2. The summed E-state index contributed by atoms with van der Waals surface area (Å²) in [4.78, 5) is 32.0. The first kappa shape index (κ1) is 27.0. The fourth-order valence-corrected chi connectivity index (χ4v) is 4.74. The van der Waals surface area contributed by atoms with Crippen molar-refractivity contribution in [2.24, 2.45) is 0 Å². The van der Waals surface area contributed by atoms with Crippen LogP contribution in [0.15, 0.2) is 53.3 Å². The van der Waals surface area contributed by atoms with E-state index in [9.17, 15) is 27.9 Å². The summed E-state index contributed by atoms with van der Waals surface area (Å²) in [6.07, 6.45) is -5.52. The van der Waals surface area contributed by atoms with Crippen molar-refractivity contribution < 1.29 is 32.5 Å². The van der Waals surface area contributed by atoms with E-state index in [1.54, 1.807) is 18.2 Å². The molecule has 1 atom stereocenters. The topological polar surface area (TPSA) is 93.9 Å². The Labute approximate surface area is 217 Å². The average Bonchev–Trinajstić information content (AvgIpc) is 3.39. The maximum absolute atomic E-state index is 13.5. The van der Waals surface area contributed by atoms with Gasteiger partial charge in [-0.15, -0.1) is 0 Å². The van der Waals surface area contributed by atoms with E-state index in [1.165, 1.54) is 19.1 Å². The number of aromatic hydroxyl groups is 1. The number of nitrogens with zero attached hydrogens (tertiary/aromatic N) is 3. The van der Waals surface area contributed by atoms with Crippen molar-refractivity contribution in [1.29, 1.82) is 0 Å². The van der Waals surface area contributed by atoms with E-state index in [2.05, 4.69) is 4.98 Å². The molecule has 1 aliphatic rings. The fourth-order valence-electron chi connectivity index (χ4n) is 4.74. The van der Waals surface area contributed by atoms with Crippen LogP contribution in [0.2, 0.25) is 0 Å². The Morgan fingerprint density at radius 3 is 2.34 bits per heavy atom. The van der Waals surface area contributed by atoms with Crippen LogP contribution in [0.3, 0.4) is 0 Å². The molecule has 2 aromatic carbocycles. The van der Waals surface area contributed by atoms with E-state index >= 15 is 0 Å². The lowest BCUT2D eigenvalue weighted by atomic mass is 9.99. The average molecular weight is 532 g/mol. The van der Waals surface area contributed by atoms with Gasteiger partial charge < -0.3 is 19.5 Å². The van der Waals surface area contributed by atoms with Crippen LogP contribution in [-0.2, 0) is 6.42 Å². The number of likely N-dealkylation sites (tertiary alicyclic amines) is 1. The maximum Gasteiger partial charge on any atom is 0.389 e. The van der Waals surface area contributed by atoms with E-state index in [4.69, 9.17) is 9.47 Å². The lowest BCUT2D eigenvalue weighted by Gasteiger charge is -2.22. The van der Waals surface area contributed by atoms with Gasteiger partial charge in [0.25, 0.3) is 11.5 Å². The zero-order chi connectivity index (χ0) is 27.4. The summed E-state index contributed by atoms with van der Waals surface area (Å²) in [5.74, 6) is -1.13. The number of aromatic nitrogens is 2. The van der Waals surface area contributed by atoms with E-state index in [-0.39, 0.29) is 41.8 Å². The van der Waals surface area contributed by atoms with Crippen LogP contribution in [0, 0.1) is 0 Å². The predicted octanol–water partition coefficient (Wildman–Crippen LogP) is 4.47. The Bertz CT molecular complexity index is 1340. The van der Waals surface area contributed by atoms with Crippen LogP contribution in [0.4, 0.5) is 13.2 Å². The molecule has 0 saturated carbocycles. The molecule has 1 aliphatic heterocycles. The summed E-state index contributed by atoms with van der Waals surface area (Å²) in [5.41, 5.74) is -0.405. The van der Waals surface area contributed by atoms with Gasteiger partial charge >= 0.3 is 6.18 Å². The second kappa shape index (κ2) is 11.2. The van der Waals surface area contributed by atoms with Crippen molar-refractivity contribution in [2.75, 3.05) is 27.3 Å². The number of halogens is 3. The zero-order valence-electron chi connectivity index (χ0n) is 21.0. The number of hydrogen-bond donors (Lipinski definition) is 1. The largest absolute Gasteiger partial charge is 0.494 e. The van der Waals surface area contributed by atoms with Crippen LogP contribution in [0.5, 0.6) is 17.4 Å². The first-order valence-corrected chi connectivity index (χ1v) is 12.1. The van der Waals surface area contributed by atoms with Crippen molar-refractivity contribution in [3.8, 4) is 23.1 Å². The van der Waals surface area contributed by atoms with E-state index in [1.807, 2.05) is 30.3 Å². The number of alkyl halides is 3. The second-order valence-corrected chi connectivity index (χ2v) is 8.99. The third-order valence-electron chi connectivity index (χ3n) is 6.58. The molecular weight excluding hydrogens is 503 g/mol. The minimum Gasteiger partial charge on any atom is -0.494 e. The highest BCUT2D eigenvalue weighted by atomic mass is 19.4. The fraction of sp³-hybridized carbons (Fsp3) is 0.370. The van der Waals surface area contributed by atoms with Crippen molar-refractivity contribution in [2.45, 2.75) is 37.8 Å². The molecule has 1 N–H and O–H groups in total. The number of methoxy groups -OCH3 is 2. The molecule has 8 nitrogen and oxygen atoms in total. The van der Waals surface area contributed by atoms with E-state index < -0.39 is 35.5 Å². The molecule has 38 heavy (non-hydrogen) atoms. The molecule has 0 radical (unpaired) electrons. The molecule has 1 aromatic heterocycles. The van der Waals surface area contributed by atoms with Gasteiger partial charge in [0.1, 0.15) is 23.0 Å². The molecule has 1 unspecified atom stereocenters. The molecule has 202 valence electrons. The molecule has 2 heterocycles. The van der Waals surface area contributed by atoms with Gasteiger partial charge in [0.2, 0.25) is 5.88 Å². The SMILES string of the molecule is COc1cccc(OC)c1-n1c(CCCC(F)(F)F)nc(=O)c(C(=O)N2CCC(c3ccccc3)C2)c1O. The predicted molar refractivity (Wildman–Crippen MR) is 133 cm³/mol. The van der Waals surface area contributed by atoms with Gasteiger partial charge in [-0.3, -0.25) is 14.2 Å². The number of para-hydroxylation sites is 1. The van der Waals surface area contributed by atoms with Gasteiger partial charge in [-0.05, 0) is 30.5 Å². The third kappa shape index (κ3) is 5.61. The van der Waals surface area contributed by atoms with Gasteiger partial charge in [0, 0.05) is 31.8 Å². The van der Waals surface area contributed by atoms with Crippen molar-refractivity contribution in [3.05, 3.63) is 75.8 Å². The maximum atomic E-state index is 13.5. The first-order chi connectivity index (χ1) is 18.1. The van der Waals surface area contributed by atoms with Crippen molar-refractivity contribution in [3.63, 3.8) is 0 Å². The zero-order valence-corrected chi connectivity index (χ0v) is 21.0. The monoisotopic (exact) mass is 531 g/mol. The highest BCUT2D eigenvalue weighted by Gasteiger charge is 2.34. The first-order valence-electron chi connectivity index (χ1n) is 12.1. The van der Waals surface area contributed by atoms with Crippen LogP contribution >= 0.6 is 0 Å². The van der Waals surface area contributed by atoms with Crippen molar-refractivity contribution in [1.82, 2.24) is 14.5 Å². The molecule has 11 heteroatoms. The summed E-state index contributed by atoms with van der Waals surface area (Å²) in [6, 6.07) is 14.4. The summed E-state index contributed by atoms with van der Waals surface area (Å²) in [7, 11) is 2.74. The minimum atomic E-state index is -4.41. The summed E-state index contributed by atoms with van der Waals surface area (Å²) >= 11 is 0. The second-order valence-electron chi connectivity index (χ2n) is 8.99. The van der Waals surface area contributed by atoms with E-state index in [0.29, 0.717) is 19.5 Å².